The van der Waals surface area contributed by atoms with Crippen LogP contribution in [0.25, 0.3) is 0 Å². The minimum absolute atomic E-state index is 0.0423. The van der Waals surface area contributed by atoms with Crippen LogP contribution in [0.3, 0.4) is 0 Å². The van der Waals surface area contributed by atoms with Crippen LogP contribution < -0.4 is 5.73 Å². The van der Waals surface area contributed by atoms with Crippen molar-refractivity contribution in [2.24, 2.45) is 5.73 Å². The van der Waals surface area contributed by atoms with Crippen molar-refractivity contribution in [2.75, 3.05) is 12.3 Å². The average molecular weight is 255 g/mol. The summed E-state index contributed by atoms with van der Waals surface area (Å²) in [5.41, 5.74) is 6.34. The molecule has 0 heterocycles. The summed E-state index contributed by atoms with van der Waals surface area (Å²) in [5.74, 6) is 0.122. The number of sulfone groups is 1. The molecule has 1 rings (SSSR count). The summed E-state index contributed by atoms with van der Waals surface area (Å²) < 4.78 is 24.0. The van der Waals surface area contributed by atoms with E-state index in [-0.39, 0.29) is 11.2 Å². The van der Waals surface area contributed by atoms with E-state index in [1.165, 1.54) is 0 Å². The quantitative estimate of drug-likeness (QED) is 0.896. The highest BCUT2D eigenvalue weighted by Crippen LogP contribution is 2.24. The Balaban J connectivity index is 3.08. The minimum atomic E-state index is -3.19. The van der Waals surface area contributed by atoms with E-state index >= 15 is 0 Å². The molecular weight excluding hydrogens is 234 g/mol. The zero-order valence-corrected chi connectivity index (χ0v) is 11.5. The van der Waals surface area contributed by atoms with Gasteiger partial charge in [-0.3, -0.25) is 0 Å². The summed E-state index contributed by atoms with van der Waals surface area (Å²) in [4.78, 5) is 0.401. The van der Waals surface area contributed by atoms with Crippen LogP contribution in [0.15, 0.2) is 29.2 Å². The summed E-state index contributed by atoms with van der Waals surface area (Å²) in [6, 6.07) is 7.19. The Morgan fingerprint density at radius 1 is 1.24 bits per heavy atom. The zero-order valence-electron chi connectivity index (χ0n) is 10.7. The topological polar surface area (TPSA) is 60.2 Å². The fourth-order valence-electron chi connectivity index (χ4n) is 1.55. The fraction of sp³-hybridized carbons (Fsp3) is 0.538. The molecule has 0 radical (unpaired) electrons. The lowest BCUT2D eigenvalue weighted by Crippen LogP contribution is -2.14. The van der Waals surface area contributed by atoms with E-state index in [9.17, 15) is 8.42 Å². The van der Waals surface area contributed by atoms with E-state index in [0.29, 0.717) is 17.9 Å². The molecule has 96 valence electrons. The Bertz CT molecular complexity index is 472. The molecule has 1 aromatic carbocycles. The van der Waals surface area contributed by atoms with Crippen LogP contribution in [-0.2, 0) is 15.3 Å². The molecule has 0 aliphatic carbocycles. The number of rotatable bonds is 4. The maximum Gasteiger partial charge on any atom is 0.178 e. The SMILES string of the molecule is CC(C)(C)c1cccc(S(=O)(=O)CCCN)c1. The summed E-state index contributed by atoms with van der Waals surface area (Å²) in [5, 5.41) is 0. The highest BCUT2D eigenvalue weighted by atomic mass is 32.2. The van der Waals surface area contributed by atoms with Crippen molar-refractivity contribution < 1.29 is 8.42 Å². The Labute approximate surface area is 104 Å². The van der Waals surface area contributed by atoms with E-state index in [0.717, 1.165) is 5.56 Å². The van der Waals surface area contributed by atoms with Crippen molar-refractivity contribution in [3.8, 4) is 0 Å². The Kier molecular flexibility index (Phi) is 4.33. The molecule has 0 aliphatic heterocycles. The molecule has 2 N–H and O–H groups in total. The van der Waals surface area contributed by atoms with Crippen LogP contribution >= 0.6 is 0 Å². The second kappa shape index (κ2) is 5.19. The molecule has 0 atom stereocenters. The van der Waals surface area contributed by atoms with Crippen LogP contribution in [0.1, 0.15) is 32.8 Å². The molecule has 0 bridgehead atoms. The zero-order chi connectivity index (χ0) is 13.1. The first-order valence-corrected chi connectivity index (χ1v) is 7.46. The van der Waals surface area contributed by atoms with Crippen molar-refractivity contribution >= 4 is 9.84 Å². The largest absolute Gasteiger partial charge is 0.330 e. The molecule has 3 nitrogen and oxygen atoms in total. The van der Waals surface area contributed by atoms with E-state index in [2.05, 4.69) is 20.8 Å². The second-order valence-corrected chi connectivity index (χ2v) is 7.35. The van der Waals surface area contributed by atoms with Crippen molar-refractivity contribution in [3.05, 3.63) is 29.8 Å². The maximum atomic E-state index is 12.0. The number of nitrogens with two attached hydrogens (primary N) is 1. The van der Waals surface area contributed by atoms with Gasteiger partial charge in [0.1, 0.15) is 0 Å². The molecule has 0 aliphatic rings. The first-order chi connectivity index (χ1) is 7.77. The Morgan fingerprint density at radius 3 is 2.41 bits per heavy atom. The summed E-state index contributed by atoms with van der Waals surface area (Å²) in [6.45, 7) is 6.61. The van der Waals surface area contributed by atoms with Gasteiger partial charge in [0.25, 0.3) is 0 Å². The van der Waals surface area contributed by atoms with Crippen molar-refractivity contribution in [1.29, 1.82) is 0 Å². The highest BCUT2D eigenvalue weighted by molar-refractivity contribution is 7.91. The molecule has 17 heavy (non-hydrogen) atoms. The minimum Gasteiger partial charge on any atom is -0.330 e. The van der Waals surface area contributed by atoms with Gasteiger partial charge in [-0.1, -0.05) is 32.9 Å². The standard InChI is InChI=1S/C13H21NO2S/c1-13(2,3)11-6-4-7-12(10-11)17(15,16)9-5-8-14/h4,6-7,10H,5,8-9,14H2,1-3H3. The first-order valence-electron chi connectivity index (χ1n) is 5.81. The van der Waals surface area contributed by atoms with Crippen molar-refractivity contribution in [3.63, 3.8) is 0 Å². The molecule has 0 amide bonds. The third kappa shape index (κ3) is 3.82. The fourth-order valence-corrected chi connectivity index (χ4v) is 2.92. The van der Waals surface area contributed by atoms with Crippen LogP contribution in [0.4, 0.5) is 0 Å². The number of benzene rings is 1. The van der Waals surface area contributed by atoms with Gasteiger partial charge in [-0.15, -0.1) is 0 Å². The van der Waals surface area contributed by atoms with Gasteiger partial charge in [-0.05, 0) is 36.1 Å². The monoisotopic (exact) mass is 255 g/mol. The molecule has 4 heteroatoms. The third-order valence-electron chi connectivity index (χ3n) is 2.68. The Hall–Kier alpha value is -0.870. The van der Waals surface area contributed by atoms with E-state index in [4.69, 9.17) is 5.73 Å². The summed E-state index contributed by atoms with van der Waals surface area (Å²) >= 11 is 0. The predicted octanol–water partition coefficient (Wildman–Crippen LogP) is 2.11. The van der Waals surface area contributed by atoms with Gasteiger partial charge in [0.15, 0.2) is 9.84 Å². The molecule has 0 saturated heterocycles. The lowest BCUT2D eigenvalue weighted by atomic mass is 9.87. The molecule has 0 saturated carbocycles. The van der Waals surface area contributed by atoms with Crippen LogP contribution in [0.2, 0.25) is 0 Å². The Morgan fingerprint density at radius 2 is 1.88 bits per heavy atom. The summed E-state index contributed by atoms with van der Waals surface area (Å²) in [7, 11) is -3.19. The number of hydrogen-bond acceptors (Lipinski definition) is 3. The molecule has 0 spiro atoms. The first kappa shape index (κ1) is 14.2. The molecular formula is C13H21NO2S. The van der Waals surface area contributed by atoms with E-state index < -0.39 is 9.84 Å². The normalized spacial score (nSPS) is 12.7. The lowest BCUT2D eigenvalue weighted by molar-refractivity contribution is 0.583. The van der Waals surface area contributed by atoms with E-state index in [1.807, 2.05) is 6.07 Å². The van der Waals surface area contributed by atoms with Gasteiger partial charge in [0, 0.05) is 0 Å². The smallest absolute Gasteiger partial charge is 0.178 e. The van der Waals surface area contributed by atoms with Crippen LogP contribution in [0.5, 0.6) is 0 Å². The van der Waals surface area contributed by atoms with E-state index in [1.54, 1.807) is 18.2 Å². The van der Waals surface area contributed by atoms with Crippen LogP contribution in [0, 0.1) is 0 Å². The van der Waals surface area contributed by atoms with Gasteiger partial charge in [0.05, 0.1) is 10.6 Å². The predicted molar refractivity (Wildman–Crippen MR) is 70.9 cm³/mol. The second-order valence-electron chi connectivity index (χ2n) is 5.24. The molecule has 1 aromatic rings. The maximum absolute atomic E-state index is 12.0. The van der Waals surface area contributed by atoms with Gasteiger partial charge >= 0.3 is 0 Å². The lowest BCUT2D eigenvalue weighted by Gasteiger charge is -2.19. The highest BCUT2D eigenvalue weighted by Gasteiger charge is 2.18. The average Bonchev–Trinajstić information content (AvgIpc) is 2.25. The molecule has 0 fully saturated rings. The summed E-state index contributed by atoms with van der Waals surface area (Å²) in [6.07, 6.45) is 0.502. The van der Waals surface area contributed by atoms with Gasteiger partial charge in [-0.2, -0.15) is 0 Å². The number of hydrogen-bond donors (Lipinski definition) is 1. The van der Waals surface area contributed by atoms with Crippen LogP contribution in [-0.4, -0.2) is 20.7 Å². The third-order valence-corrected chi connectivity index (χ3v) is 4.47. The van der Waals surface area contributed by atoms with Gasteiger partial charge in [0.2, 0.25) is 0 Å². The van der Waals surface area contributed by atoms with Gasteiger partial charge < -0.3 is 5.73 Å². The van der Waals surface area contributed by atoms with Crippen molar-refractivity contribution in [2.45, 2.75) is 37.5 Å². The molecule has 0 unspecified atom stereocenters. The van der Waals surface area contributed by atoms with Crippen molar-refractivity contribution in [1.82, 2.24) is 0 Å². The molecule has 0 aromatic heterocycles. The van der Waals surface area contributed by atoms with Gasteiger partial charge in [-0.25, -0.2) is 8.42 Å².